The molecule has 0 saturated carbocycles. The molecule has 0 aromatic rings. The van der Waals surface area contributed by atoms with Gasteiger partial charge >= 0.3 is 21.7 Å². The molecule has 11 heteroatoms. The molecule has 0 aromatic carbocycles. The number of carbonyl (C=O) groups is 1. The van der Waals surface area contributed by atoms with Crippen LogP contribution in [0.25, 0.3) is 0 Å². The van der Waals surface area contributed by atoms with Crippen LogP contribution in [0.4, 0.5) is 18.0 Å². The summed E-state index contributed by atoms with van der Waals surface area (Å²) in [6.45, 7) is 6.90. The van der Waals surface area contributed by atoms with Gasteiger partial charge in [0, 0.05) is 25.4 Å². The number of halogens is 3. The Kier molecular flexibility index (Phi) is 5.28. The van der Waals surface area contributed by atoms with Crippen molar-refractivity contribution in [1.29, 1.82) is 0 Å². The van der Waals surface area contributed by atoms with Gasteiger partial charge in [0.2, 0.25) is 0 Å². The number of nitrogens with zero attached hydrogens (tertiary/aromatic N) is 1. The third-order valence-electron chi connectivity index (χ3n) is 4.10. The Morgan fingerprint density at radius 1 is 1.35 bits per heavy atom. The first-order valence-corrected chi connectivity index (χ1v) is 9.43. The van der Waals surface area contributed by atoms with Gasteiger partial charge < -0.3 is 18.6 Å². The van der Waals surface area contributed by atoms with Crippen molar-refractivity contribution in [2.75, 3.05) is 13.2 Å². The fourth-order valence-corrected chi connectivity index (χ4v) is 3.52. The number of hydrogen-bond acceptors (Lipinski definition) is 6. The summed E-state index contributed by atoms with van der Waals surface area (Å²) in [6.07, 6.45) is 0.813. The highest BCUT2D eigenvalue weighted by molar-refractivity contribution is 7.87. The summed E-state index contributed by atoms with van der Waals surface area (Å²) in [5.41, 5.74) is -7.53. The monoisotopic (exact) mass is 401 g/mol. The van der Waals surface area contributed by atoms with Gasteiger partial charge in [-0.25, -0.2) is 4.79 Å². The van der Waals surface area contributed by atoms with E-state index in [0.717, 1.165) is 0 Å². The fourth-order valence-electron chi connectivity index (χ4n) is 2.97. The zero-order valence-corrected chi connectivity index (χ0v) is 15.7. The molecule has 1 amide bonds. The second-order valence-corrected chi connectivity index (χ2v) is 8.87. The molecule has 7 nitrogen and oxygen atoms in total. The van der Waals surface area contributed by atoms with Gasteiger partial charge in [-0.3, -0.25) is 0 Å². The molecule has 0 radical (unpaired) electrons. The first-order valence-electron chi connectivity index (χ1n) is 8.02. The molecule has 2 rings (SSSR count). The van der Waals surface area contributed by atoms with E-state index in [0.29, 0.717) is 0 Å². The van der Waals surface area contributed by atoms with Gasteiger partial charge in [-0.05, 0) is 33.8 Å². The van der Waals surface area contributed by atoms with E-state index in [1.54, 1.807) is 27.7 Å². The first-order chi connectivity index (χ1) is 11.7. The van der Waals surface area contributed by atoms with Crippen molar-refractivity contribution in [3.8, 4) is 0 Å². The van der Waals surface area contributed by atoms with Crippen molar-refractivity contribution >= 4 is 16.2 Å². The standard InChI is InChI=1S/C15H22F3NO6S/c1-10-9-14(6-7-19(10)12(20)24-13(2,3)4)11(5-8-23-14)25-26(21,22)15(16,17)18/h5,10H,6-9H2,1-4H3/t10-,14?/m1/s1. The number of hydrogen-bond donors (Lipinski definition) is 0. The third-order valence-corrected chi connectivity index (χ3v) is 5.07. The predicted octanol–water partition coefficient (Wildman–Crippen LogP) is 2.92. The van der Waals surface area contributed by atoms with Crippen LogP contribution in [0.5, 0.6) is 0 Å². The number of rotatable bonds is 2. The first kappa shape index (κ1) is 20.8. The maximum atomic E-state index is 12.6. The Morgan fingerprint density at radius 3 is 2.46 bits per heavy atom. The van der Waals surface area contributed by atoms with E-state index in [1.807, 2.05) is 0 Å². The van der Waals surface area contributed by atoms with E-state index in [9.17, 15) is 26.4 Å². The van der Waals surface area contributed by atoms with Crippen LogP contribution in [0.1, 0.15) is 40.5 Å². The summed E-state index contributed by atoms with van der Waals surface area (Å²) >= 11 is 0. The van der Waals surface area contributed by atoms with E-state index in [2.05, 4.69) is 4.18 Å². The van der Waals surface area contributed by atoms with Crippen LogP contribution in [0.15, 0.2) is 11.8 Å². The summed E-state index contributed by atoms with van der Waals surface area (Å²) < 4.78 is 75.6. The second-order valence-electron chi connectivity index (χ2n) is 7.33. The minimum Gasteiger partial charge on any atom is -0.444 e. The second kappa shape index (κ2) is 6.59. The number of alkyl halides is 3. The van der Waals surface area contributed by atoms with Crippen molar-refractivity contribution in [3.05, 3.63) is 11.8 Å². The molecule has 2 aliphatic heterocycles. The highest BCUT2D eigenvalue weighted by Crippen LogP contribution is 2.42. The van der Waals surface area contributed by atoms with Crippen molar-refractivity contribution < 1.29 is 40.0 Å². The lowest BCUT2D eigenvalue weighted by molar-refractivity contribution is -0.0744. The van der Waals surface area contributed by atoms with Crippen LogP contribution < -0.4 is 0 Å². The Bertz CT molecular complexity index is 697. The molecule has 0 N–H and O–H groups in total. The Hall–Kier alpha value is -1.49. The number of ether oxygens (including phenoxy) is 2. The van der Waals surface area contributed by atoms with E-state index in [1.165, 1.54) is 11.0 Å². The van der Waals surface area contributed by atoms with Crippen molar-refractivity contribution in [1.82, 2.24) is 4.90 Å². The number of piperidine rings is 1. The molecule has 1 unspecified atom stereocenters. The Balaban J connectivity index is 2.13. The van der Waals surface area contributed by atoms with Crippen molar-refractivity contribution in [2.45, 2.75) is 63.3 Å². The molecule has 2 aliphatic rings. The summed E-state index contributed by atoms with van der Waals surface area (Å²) in [7, 11) is -5.78. The SMILES string of the molecule is C[C@@H]1CC2(CCN1C(=O)OC(C)(C)C)OCC=C2OS(=O)(=O)C(F)(F)F. The minimum atomic E-state index is -5.78. The summed E-state index contributed by atoms with van der Waals surface area (Å²) in [4.78, 5) is 13.7. The molecule has 26 heavy (non-hydrogen) atoms. The van der Waals surface area contributed by atoms with E-state index in [4.69, 9.17) is 9.47 Å². The highest BCUT2D eigenvalue weighted by atomic mass is 32.2. The van der Waals surface area contributed by atoms with Crippen LogP contribution in [0.3, 0.4) is 0 Å². The maximum Gasteiger partial charge on any atom is 0.534 e. The largest absolute Gasteiger partial charge is 0.534 e. The smallest absolute Gasteiger partial charge is 0.444 e. The van der Waals surface area contributed by atoms with Gasteiger partial charge in [0.25, 0.3) is 0 Å². The minimum absolute atomic E-state index is 0.0676. The lowest BCUT2D eigenvalue weighted by Gasteiger charge is -2.43. The van der Waals surface area contributed by atoms with Gasteiger partial charge in [-0.1, -0.05) is 0 Å². The van der Waals surface area contributed by atoms with E-state index < -0.39 is 39.0 Å². The molecule has 0 aliphatic carbocycles. The van der Waals surface area contributed by atoms with Gasteiger partial charge in [0.1, 0.15) is 17.0 Å². The molecule has 0 bridgehead atoms. The fraction of sp³-hybridized carbons (Fsp3) is 0.800. The number of likely N-dealkylation sites (tertiary alicyclic amines) is 1. The van der Waals surface area contributed by atoms with Gasteiger partial charge in [-0.15, -0.1) is 0 Å². The van der Waals surface area contributed by atoms with Crippen molar-refractivity contribution in [3.63, 3.8) is 0 Å². The summed E-state index contributed by atoms with van der Waals surface area (Å²) in [5.74, 6) is -0.384. The highest BCUT2D eigenvalue weighted by Gasteiger charge is 2.54. The van der Waals surface area contributed by atoms with Crippen LogP contribution in [-0.2, 0) is 23.8 Å². The molecule has 1 fully saturated rings. The summed E-state index contributed by atoms with van der Waals surface area (Å²) in [6, 6.07) is -0.447. The van der Waals surface area contributed by atoms with Crippen molar-refractivity contribution in [2.24, 2.45) is 0 Å². The predicted molar refractivity (Wildman–Crippen MR) is 84.5 cm³/mol. The number of carbonyl (C=O) groups excluding carboxylic acids is 1. The van der Waals surface area contributed by atoms with Gasteiger partial charge in [0.05, 0.1) is 6.61 Å². The van der Waals surface area contributed by atoms with Gasteiger partial charge in [0.15, 0.2) is 0 Å². The van der Waals surface area contributed by atoms with Crippen LogP contribution >= 0.6 is 0 Å². The number of amides is 1. The zero-order chi connectivity index (χ0) is 20.0. The van der Waals surface area contributed by atoms with E-state index >= 15 is 0 Å². The molecule has 0 aromatic heterocycles. The van der Waals surface area contributed by atoms with Crippen LogP contribution in [-0.4, -0.2) is 55.3 Å². The average molecular weight is 401 g/mol. The molecular weight excluding hydrogens is 379 g/mol. The normalized spacial score (nSPS) is 27.4. The molecule has 2 heterocycles. The van der Waals surface area contributed by atoms with Crippen LogP contribution in [0, 0.1) is 0 Å². The lowest BCUT2D eigenvalue weighted by atomic mass is 9.86. The third kappa shape index (κ3) is 4.25. The zero-order valence-electron chi connectivity index (χ0n) is 14.9. The molecule has 150 valence electrons. The van der Waals surface area contributed by atoms with Crippen LogP contribution in [0.2, 0.25) is 0 Å². The maximum absolute atomic E-state index is 12.6. The Labute approximate surface area is 150 Å². The average Bonchev–Trinajstić information content (AvgIpc) is 2.77. The molecule has 2 atom stereocenters. The van der Waals surface area contributed by atoms with Gasteiger partial charge in [-0.2, -0.15) is 21.6 Å². The molecule has 1 saturated heterocycles. The molecular formula is C15H22F3NO6S. The Morgan fingerprint density at radius 2 is 1.96 bits per heavy atom. The summed E-state index contributed by atoms with van der Waals surface area (Å²) in [5, 5.41) is 0. The van der Waals surface area contributed by atoms with E-state index in [-0.39, 0.29) is 31.8 Å². The molecule has 1 spiro atoms. The lowest BCUT2D eigenvalue weighted by Crippen LogP contribution is -2.53. The topological polar surface area (TPSA) is 82.1 Å². The quantitative estimate of drug-likeness (QED) is 0.523.